The van der Waals surface area contributed by atoms with Crippen LogP contribution in [-0.2, 0) is 29.0 Å². The van der Waals surface area contributed by atoms with E-state index in [0.717, 1.165) is 6.92 Å². The lowest BCUT2D eigenvalue weighted by molar-refractivity contribution is -0.187. The zero-order valence-corrected chi connectivity index (χ0v) is 12.7. The van der Waals surface area contributed by atoms with Gasteiger partial charge < -0.3 is 15.2 Å². The molecule has 0 unspecified atom stereocenters. The van der Waals surface area contributed by atoms with E-state index in [2.05, 4.69) is 5.32 Å². The summed E-state index contributed by atoms with van der Waals surface area (Å²) in [6.07, 6.45) is -1.26. The maximum atomic E-state index is 12.6. The van der Waals surface area contributed by atoms with E-state index in [1.807, 2.05) is 0 Å². The van der Waals surface area contributed by atoms with Crippen LogP contribution in [0, 0.1) is 0 Å². The van der Waals surface area contributed by atoms with E-state index in [0.29, 0.717) is 4.90 Å². The second-order valence-electron chi connectivity index (χ2n) is 5.51. The van der Waals surface area contributed by atoms with Crippen molar-refractivity contribution in [1.82, 2.24) is 10.2 Å². The Morgan fingerprint density at radius 2 is 1.90 bits per heavy atom. The van der Waals surface area contributed by atoms with Crippen LogP contribution in [0.4, 0.5) is 0 Å². The number of methoxy groups -OCH3 is 1. The van der Waals surface area contributed by atoms with Crippen LogP contribution in [0.25, 0.3) is 0 Å². The van der Waals surface area contributed by atoms with Gasteiger partial charge in [0.05, 0.1) is 0 Å². The van der Waals surface area contributed by atoms with Gasteiger partial charge in [-0.05, 0) is 13.8 Å². The Morgan fingerprint density at radius 3 is 2.29 bits per heavy atom. The van der Waals surface area contributed by atoms with Gasteiger partial charge in [-0.25, -0.2) is 13.2 Å². The number of carboxylic acids is 1. The van der Waals surface area contributed by atoms with E-state index in [9.17, 15) is 27.9 Å². The van der Waals surface area contributed by atoms with Gasteiger partial charge in [0.2, 0.25) is 11.6 Å². The average molecular weight is 320 g/mol. The molecule has 3 atom stereocenters. The van der Waals surface area contributed by atoms with Crippen LogP contribution in [0.2, 0.25) is 0 Å². The number of hydrogen-bond donors (Lipinski definition) is 2. The smallest absolute Gasteiger partial charge is 0.352 e. The Bertz CT molecular complexity index is 641. The average Bonchev–Trinajstić information content (AvgIpc) is 2.43. The molecule has 2 aliphatic heterocycles. The van der Waals surface area contributed by atoms with E-state index >= 15 is 0 Å². The molecule has 2 rings (SSSR count). The SMILES string of the molecule is CO[C@H]1C(=O)N2[C@@H]1S(=O)(=O)C(C)(C)[C@]2(NC(C)=O)C(=O)O. The molecular weight excluding hydrogens is 304 g/mol. The zero-order valence-electron chi connectivity index (χ0n) is 11.9. The number of rotatable bonds is 3. The van der Waals surface area contributed by atoms with E-state index in [1.165, 1.54) is 21.0 Å². The molecule has 9 nitrogen and oxygen atoms in total. The molecule has 2 N–H and O–H groups in total. The molecule has 0 aromatic rings. The Balaban J connectivity index is 2.73. The fourth-order valence-electron chi connectivity index (χ4n) is 2.99. The molecule has 2 fully saturated rings. The molecular formula is C11H16N2O7S. The first kappa shape index (κ1) is 15.7. The monoisotopic (exact) mass is 320 g/mol. The van der Waals surface area contributed by atoms with Crippen molar-refractivity contribution >= 4 is 27.6 Å². The Kier molecular flexibility index (Phi) is 3.12. The summed E-state index contributed by atoms with van der Waals surface area (Å²) in [6, 6.07) is 0. The summed E-state index contributed by atoms with van der Waals surface area (Å²) in [6.45, 7) is 3.40. The number of sulfone groups is 1. The van der Waals surface area contributed by atoms with Crippen molar-refractivity contribution in [3.8, 4) is 0 Å². The molecule has 2 saturated heterocycles. The highest BCUT2D eigenvalue weighted by Crippen LogP contribution is 2.51. The molecule has 21 heavy (non-hydrogen) atoms. The molecule has 2 aliphatic rings. The van der Waals surface area contributed by atoms with Gasteiger partial charge in [-0.3, -0.25) is 14.5 Å². The first-order valence-corrected chi connectivity index (χ1v) is 7.63. The molecule has 0 bridgehead atoms. The van der Waals surface area contributed by atoms with Crippen molar-refractivity contribution in [2.75, 3.05) is 7.11 Å². The van der Waals surface area contributed by atoms with Crippen LogP contribution in [0.3, 0.4) is 0 Å². The minimum atomic E-state index is -4.07. The summed E-state index contributed by atoms with van der Waals surface area (Å²) in [4.78, 5) is 35.9. The normalized spacial score (nSPS) is 35.8. The molecule has 0 spiro atoms. The second kappa shape index (κ2) is 4.17. The standard InChI is InChI=1S/C11H16N2O7S/c1-5(14)12-11(9(16)17)10(2,3)21(18,19)8-6(20-4)7(15)13(8)11/h6,8H,1-4H3,(H,12,14)(H,16,17)/t6-,8+,11-/m0/s1. The quantitative estimate of drug-likeness (QED) is 0.592. The summed E-state index contributed by atoms with van der Waals surface area (Å²) in [7, 11) is -2.91. The minimum absolute atomic E-state index is 0.681. The number of aliphatic carboxylic acids is 1. The number of carbonyl (C=O) groups excluding carboxylic acids is 2. The van der Waals surface area contributed by atoms with Gasteiger partial charge in [-0.2, -0.15) is 0 Å². The van der Waals surface area contributed by atoms with Crippen molar-refractivity contribution in [2.45, 2.75) is 42.7 Å². The summed E-state index contributed by atoms with van der Waals surface area (Å²) < 4.78 is 28.1. The third kappa shape index (κ3) is 1.49. The van der Waals surface area contributed by atoms with Gasteiger partial charge in [-0.15, -0.1) is 0 Å². The van der Waals surface area contributed by atoms with Crippen LogP contribution in [-0.4, -0.2) is 65.2 Å². The number of carbonyl (C=O) groups is 3. The summed E-state index contributed by atoms with van der Waals surface area (Å²) >= 11 is 0. The van der Waals surface area contributed by atoms with Crippen molar-refractivity contribution in [1.29, 1.82) is 0 Å². The van der Waals surface area contributed by atoms with Gasteiger partial charge in [0.1, 0.15) is 4.75 Å². The Hall–Kier alpha value is -1.68. The first-order valence-electron chi connectivity index (χ1n) is 6.08. The molecule has 0 aromatic heterocycles. The van der Waals surface area contributed by atoms with E-state index < -0.39 is 49.5 Å². The highest BCUT2D eigenvalue weighted by Gasteiger charge is 2.81. The van der Waals surface area contributed by atoms with Crippen molar-refractivity contribution in [2.24, 2.45) is 0 Å². The maximum absolute atomic E-state index is 12.6. The molecule has 0 aliphatic carbocycles. The molecule has 0 radical (unpaired) electrons. The molecule has 0 aromatic carbocycles. The van der Waals surface area contributed by atoms with Crippen LogP contribution in [0.5, 0.6) is 0 Å². The number of fused-ring (bicyclic) bond motifs is 1. The predicted molar refractivity (Wildman–Crippen MR) is 68.6 cm³/mol. The van der Waals surface area contributed by atoms with Gasteiger partial charge in [0.15, 0.2) is 21.3 Å². The van der Waals surface area contributed by atoms with Gasteiger partial charge in [0, 0.05) is 14.0 Å². The highest BCUT2D eigenvalue weighted by molar-refractivity contribution is 7.94. The third-order valence-corrected chi connectivity index (χ3v) is 6.99. The summed E-state index contributed by atoms with van der Waals surface area (Å²) in [5, 5.41) is 10.3. The van der Waals surface area contributed by atoms with Crippen LogP contribution in [0.15, 0.2) is 0 Å². The number of nitrogens with zero attached hydrogens (tertiary/aromatic N) is 1. The molecule has 10 heteroatoms. The number of β-lactam (4-membered cyclic amide) rings is 1. The number of ether oxygens (including phenoxy) is 1. The number of nitrogens with one attached hydrogen (secondary N) is 1. The van der Waals surface area contributed by atoms with Gasteiger partial charge in [-0.1, -0.05) is 0 Å². The van der Waals surface area contributed by atoms with E-state index in [4.69, 9.17) is 4.74 Å². The minimum Gasteiger partial charge on any atom is -0.478 e. The fraction of sp³-hybridized carbons (Fsp3) is 0.727. The second-order valence-corrected chi connectivity index (χ2v) is 8.10. The molecule has 0 saturated carbocycles. The van der Waals surface area contributed by atoms with Gasteiger partial charge >= 0.3 is 5.97 Å². The lowest BCUT2D eigenvalue weighted by Crippen LogP contribution is -2.78. The van der Waals surface area contributed by atoms with Crippen LogP contribution in [0.1, 0.15) is 20.8 Å². The zero-order chi connectivity index (χ0) is 16.4. The van der Waals surface area contributed by atoms with Crippen molar-refractivity contribution in [3.63, 3.8) is 0 Å². The third-order valence-electron chi connectivity index (χ3n) is 4.18. The first-order chi connectivity index (χ1) is 9.46. The van der Waals surface area contributed by atoms with Gasteiger partial charge in [0.25, 0.3) is 5.91 Å². The molecule has 118 valence electrons. The van der Waals surface area contributed by atoms with Crippen LogP contribution < -0.4 is 5.32 Å². The molecule has 2 amide bonds. The summed E-state index contributed by atoms with van der Waals surface area (Å²) in [5.41, 5.74) is -2.35. The predicted octanol–water partition coefficient (Wildman–Crippen LogP) is -1.71. The van der Waals surface area contributed by atoms with Crippen LogP contribution >= 0.6 is 0 Å². The largest absolute Gasteiger partial charge is 0.478 e. The number of carboxylic acid groups (broad SMARTS) is 1. The lowest BCUT2D eigenvalue weighted by atomic mass is 9.89. The van der Waals surface area contributed by atoms with Crippen molar-refractivity contribution in [3.05, 3.63) is 0 Å². The summed E-state index contributed by atoms with van der Waals surface area (Å²) in [5.74, 6) is -3.15. The van der Waals surface area contributed by atoms with E-state index in [-0.39, 0.29) is 0 Å². The highest BCUT2D eigenvalue weighted by atomic mass is 32.2. The number of hydrogen-bond acceptors (Lipinski definition) is 6. The fourth-order valence-corrected chi connectivity index (χ4v) is 5.33. The maximum Gasteiger partial charge on any atom is 0.352 e. The Morgan fingerprint density at radius 1 is 1.38 bits per heavy atom. The van der Waals surface area contributed by atoms with E-state index in [1.54, 1.807) is 0 Å². The lowest BCUT2D eigenvalue weighted by Gasteiger charge is -2.47. The molecule has 2 heterocycles. The number of amides is 2. The van der Waals surface area contributed by atoms with Crippen molar-refractivity contribution < 1.29 is 32.6 Å². The topological polar surface area (TPSA) is 130 Å². The Labute approximate surface area is 121 Å².